The number of anilines is 2. The van der Waals surface area contributed by atoms with E-state index < -0.39 is 29.4 Å². The van der Waals surface area contributed by atoms with Crippen LogP contribution in [0, 0.1) is 0 Å². The SMILES string of the molecule is CC(C)(C)OC(=O)NC1=NC2C(CSC2CCCCC(=O)NCCCCC(=O)Nc2cc(NC(=O)CCCCNC(=O)CCCCC3SCC4NC(NC(=O)OC(C)(C)C)=NC43)cc(C(=O)O)c2)N1. The number of hydrogen-bond donors (Lipinski definition) is 9. The van der Waals surface area contributed by atoms with E-state index in [1.165, 1.54) is 18.2 Å². The predicted octanol–water partition coefficient (Wildman–Crippen LogP) is 5.63. The van der Waals surface area contributed by atoms with Crippen molar-refractivity contribution in [3.63, 3.8) is 0 Å². The number of aromatic carboxylic acids is 1. The van der Waals surface area contributed by atoms with Crippen LogP contribution in [0.5, 0.6) is 0 Å². The number of nitrogens with zero attached hydrogens (tertiary/aromatic N) is 2. The van der Waals surface area contributed by atoms with Crippen LogP contribution in [0.3, 0.4) is 0 Å². The molecule has 0 bridgehead atoms. The van der Waals surface area contributed by atoms with Crippen LogP contribution in [0.2, 0.25) is 0 Å². The Bertz CT molecular complexity index is 1930. The second kappa shape index (κ2) is 26.1. The number of amides is 6. The van der Waals surface area contributed by atoms with E-state index in [9.17, 15) is 38.7 Å². The van der Waals surface area contributed by atoms with Gasteiger partial charge in [0, 0.05) is 72.2 Å². The van der Waals surface area contributed by atoms with E-state index in [2.05, 4.69) is 52.5 Å². The van der Waals surface area contributed by atoms with E-state index in [0.29, 0.717) is 74.0 Å². The summed E-state index contributed by atoms with van der Waals surface area (Å²) in [6.07, 6.45) is 7.25. The zero-order chi connectivity index (χ0) is 50.1. The fourth-order valence-corrected chi connectivity index (χ4v) is 11.2. The molecule has 1 aromatic carbocycles. The highest BCUT2D eigenvalue weighted by atomic mass is 32.2. The Hall–Kier alpha value is -5.25. The summed E-state index contributed by atoms with van der Waals surface area (Å²) in [6.45, 7) is 11.7. The standard InChI is InChI=1S/C47H72N10O10S2/c1-46(2,3)66-44(64)56-42-52-31-26-68-33(39(31)54-42)15-7-9-17-35(58)48-21-13-11-19-37(60)50-29-23-28(41(62)63)24-30(25-29)51-38(61)20-12-14-22-49-36(59)18-10-8-16-34-40-32(27-69-34)53-43(55-40)57-45(65)67-47(4,5)6/h23-25,31-34,39-40H,7-22,26-27H2,1-6H3,(H,48,58)(H,49,59)(H,50,60)(H,51,61)(H,62,63)(H2,52,54,56,64)(H2,53,55,57,65). The van der Waals surface area contributed by atoms with E-state index in [-0.39, 0.29) is 77.6 Å². The number of carbonyl (C=O) groups excluding carboxylic acids is 6. The van der Waals surface area contributed by atoms with E-state index >= 15 is 0 Å². The van der Waals surface area contributed by atoms with Crippen molar-refractivity contribution in [1.82, 2.24) is 31.9 Å². The Labute approximate surface area is 413 Å². The molecule has 1 aromatic rings. The molecule has 0 aliphatic carbocycles. The number of ether oxygens (including phenoxy) is 2. The van der Waals surface area contributed by atoms with Crippen LogP contribution in [0.4, 0.5) is 21.0 Å². The molecule has 4 heterocycles. The van der Waals surface area contributed by atoms with Gasteiger partial charge in [-0.25, -0.2) is 24.4 Å². The van der Waals surface area contributed by atoms with Gasteiger partial charge < -0.3 is 46.5 Å². The number of thioether (sulfide) groups is 2. The molecule has 6 amide bonds. The van der Waals surface area contributed by atoms with Crippen molar-refractivity contribution in [2.75, 3.05) is 35.2 Å². The van der Waals surface area contributed by atoms with Gasteiger partial charge in [0.1, 0.15) is 11.2 Å². The lowest BCUT2D eigenvalue weighted by Crippen LogP contribution is -2.44. The maximum absolute atomic E-state index is 12.8. The number of alkyl carbamates (subject to hydrolysis) is 2. The molecule has 4 aliphatic rings. The number of carbonyl (C=O) groups is 7. The predicted molar refractivity (Wildman–Crippen MR) is 269 cm³/mol. The molecule has 69 heavy (non-hydrogen) atoms. The van der Waals surface area contributed by atoms with Gasteiger partial charge in [-0.3, -0.25) is 29.8 Å². The summed E-state index contributed by atoms with van der Waals surface area (Å²) in [5.41, 5.74) is -0.816. The monoisotopic (exact) mass is 1000 g/mol. The maximum Gasteiger partial charge on any atom is 0.414 e. The smallest absolute Gasteiger partial charge is 0.414 e. The molecule has 2 saturated heterocycles. The van der Waals surface area contributed by atoms with E-state index in [1.54, 1.807) is 41.5 Å². The fraction of sp³-hybridized carbons (Fsp3) is 0.681. The summed E-state index contributed by atoms with van der Waals surface area (Å²) < 4.78 is 10.6. The minimum atomic E-state index is -1.21. The van der Waals surface area contributed by atoms with Gasteiger partial charge >= 0.3 is 18.2 Å². The summed E-state index contributed by atoms with van der Waals surface area (Å²) in [5.74, 6) is 0.710. The van der Waals surface area contributed by atoms with Crippen LogP contribution >= 0.6 is 23.5 Å². The summed E-state index contributed by atoms with van der Waals surface area (Å²) in [6, 6.07) is 4.61. The topological polar surface area (TPSA) is 279 Å². The van der Waals surface area contributed by atoms with Crippen LogP contribution in [-0.2, 0) is 28.7 Å². The number of carboxylic acid groups (broad SMARTS) is 1. The highest BCUT2D eigenvalue weighted by Gasteiger charge is 2.42. The first-order valence-electron chi connectivity index (χ1n) is 24.1. The number of nitrogens with one attached hydrogen (secondary N) is 8. The van der Waals surface area contributed by atoms with Crippen LogP contribution in [0.1, 0.15) is 142 Å². The molecule has 2 fully saturated rings. The lowest BCUT2D eigenvalue weighted by Gasteiger charge is -2.19. The van der Waals surface area contributed by atoms with Crippen LogP contribution in [-0.4, -0.2) is 129 Å². The normalized spacial score (nSPS) is 21.3. The first-order valence-corrected chi connectivity index (χ1v) is 26.2. The number of benzene rings is 1. The molecule has 0 radical (unpaired) electrons. The third kappa shape index (κ3) is 19.6. The van der Waals surface area contributed by atoms with Crippen molar-refractivity contribution in [3.05, 3.63) is 23.8 Å². The largest absolute Gasteiger partial charge is 0.478 e. The molecule has 0 spiro atoms. The van der Waals surface area contributed by atoms with Gasteiger partial charge in [0.25, 0.3) is 0 Å². The zero-order valence-corrected chi connectivity index (χ0v) is 42.4. The molecule has 6 unspecified atom stereocenters. The number of guanidine groups is 2. The fourth-order valence-electron chi connectivity index (χ4n) is 8.19. The molecule has 9 N–H and O–H groups in total. The molecule has 5 rings (SSSR count). The van der Waals surface area contributed by atoms with Gasteiger partial charge in [-0.2, -0.15) is 23.5 Å². The van der Waals surface area contributed by atoms with E-state index in [0.717, 1.165) is 50.0 Å². The molecule has 0 saturated carbocycles. The number of carboxylic acids is 1. The van der Waals surface area contributed by atoms with Gasteiger partial charge in [-0.05, 0) is 111 Å². The van der Waals surface area contributed by atoms with E-state index in [4.69, 9.17) is 9.47 Å². The molecule has 4 aliphatic heterocycles. The lowest BCUT2D eigenvalue weighted by molar-refractivity contribution is -0.122. The third-order valence-corrected chi connectivity index (χ3v) is 14.3. The quantitative estimate of drug-likeness (QED) is 0.0602. The van der Waals surface area contributed by atoms with Gasteiger partial charge in [-0.1, -0.05) is 12.8 Å². The zero-order valence-electron chi connectivity index (χ0n) is 40.8. The lowest BCUT2D eigenvalue weighted by atomic mass is 10.0. The highest BCUT2D eigenvalue weighted by Crippen LogP contribution is 2.36. The van der Waals surface area contributed by atoms with Gasteiger partial charge in [0.15, 0.2) is 0 Å². The van der Waals surface area contributed by atoms with Crippen molar-refractivity contribution in [2.24, 2.45) is 9.98 Å². The van der Waals surface area contributed by atoms with Crippen molar-refractivity contribution in [2.45, 2.75) is 177 Å². The average molecular weight is 1000 g/mol. The number of hydrogen-bond acceptors (Lipinski definition) is 15. The minimum absolute atomic E-state index is 0.0472. The molecule has 382 valence electrons. The number of fused-ring (bicyclic) bond motifs is 2. The van der Waals surface area contributed by atoms with Gasteiger partial charge in [0.05, 0.1) is 29.7 Å². The van der Waals surface area contributed by atoms with Crippen LogP contribution in [0.25, 0.3) is 0 Å². The van der Waals surface area contributed by atoms with E-state index in [1.807, 2.05) is 23.5 Å². The summed E-state index contributed by atoms with van der Waals surface area (Å²) >= 11 is 3.71. The number of unbranched alkanes of at least 4 members (excludes halogenated alkanes) is 4. The Kier molecular flexibility index (Phi) is 20.7. The molecule has 0 aromatic heterocycles. The molecule has 20 nitrogen and oxygen atoms in total. The first-order chi connectivity index (χ1) is 32.7. The molecular weight excluding hydrogens is 929 g/mol. The van der Waals surface area contributed by atoms with Gasteiger partial charge in [0.2, 0.25) is 35.5 Å². The minimum Gasteiger partial charge on any atom is -0.478 e. The summed E-state index contributed by atoms with van der Waals surface area (Å²) in [4.78, 5) is 95.9. The Balaban J connectivity index is 0.883. The van der Waals surface area contributed by atoms with Gasteiger partial charge in [-0.15, -0.1) is 0 Å². The van der Waals surface area contributed by atoms with Crippen molar-refractivity contribution in [3.8, 4) is 0 Å². The van der Waals surface area contributed by atoms with Crippen molar-refractivity contribution >= 4 is 88.6 Å². The molecule has 6 atom stereocenters. The Morgan fingerprint density at radius 3 is 1.36 bits per heavy atom. The Morgan fingerprint density at radius 1 is 0.580 bits per heavy atom. The first kappa shape index (κ1) is 54.7. The third-order valence-electron chi connectivity index (χ3n) is 11.3. The number of rotatable bonds is 23. The molecular formula is C47H72N10O10S2. The van der Waals surface area contributed by atoms with Crippen LogP contribution < -0.4 is 42.5 Å². The van der Waals surface area contributed by atoms with Crippen molar-refractivity contribution < 1.29 is 48.1 Å². The highest BCUT2D eigenvalue weighted by molar-refractivity contribution is 8.00. The summed E-state index contributed by atoms with van der Waals surface area (Å²) in [7, 11) is 0. The second-order valence-corrected chi connectivity index (χ2v) is 22.3. The average Bonchev–Trinajstić information content (AvgIpc) is 4.02. The number of aliphatic imine (C=N–C) groups is 2. The Morgan fingerprint density at radius 2 is 0.971 bits per heavy atom. The summed E-state index contributed by atoms with van der Waals surface area (Å²) in [5, 5.41) is 33.5. The second-order valence-electron chi connectivity index (χ2n) is 19.7. The van der Waals surface area contributed by atoms with Crippen molar-refractivity contribution in [1.29, 1.82) is 0 Å². The van der Waals surface area contributed by atoms with Crippen LogP contribution in [0.15, 0.2) is 28.2 Å². The molecule has 22 heteroatoms. The maximum atomic E-state index is 12.8.